The van der Waals surface area contributed by atoms with E-state index in [-0.39, 0.29) is 17.9 Å². The fourth-order valence-electron chi connectivity index (χ4n) is 4.30. The first-order chi connectivity index (χ1) is 18.7. The number of benzene rings is 2. The number of hydrogen-bond donors (Lipinski definition) is 4. The van der Waals surface area contributed by atoms with Crippen molar-refractivity contribution >= 4 is 29.5 Å². The Morgan fingerprint density at radius 1 is 1.00 bits per heavy atom. The third-order valence-electron chi connectivity index (χ3n) is 6.28. The number of rotatable bonds is 11. The first-order valence-corrected chi connectivity index (χ1v) is 13.4. The number of aryl methyl sites for hydroxylation is 3. The van der Waals surface area contributed by atoms with Crippen LogP contribution in [0.2, 0.25) is 0 Å². The standard InChI is InChI=1S/C30H42N4O6/c1-8-9-16-34(28(38)22(17-23(31)35)32-29(39)40-30(5,6)7)25(21-15-11-14-20(4)26(21)36)27(37)33-24-18(2)12-10-13-19(24)3/h10-15,22,25,36H,8-9,16-17H2,1-7H3,(H2,31,35)(H,32,39)(H,33,37). The van der Waals surface area contributed by atoms with Crippen molar-refractivity contribution in [2.24, 2.45) is 5.73 Å². The molecule has 2 atom stereocenters. The van der Waals surface area contributed by atoms with E-state index in [0.29, 0.717) is 24.1 Å². The highest BCUT2D eigenvalue weighted by Gasteiger charge is 2.38. The van der Waals surface area contributed by atoms with E-state index < -0.39 is 47.9 Å². The minimum absolute atomic E-state index is 0.110. The second kappa shape index (κ2) is 13.8. The lowest BCUT2D eigenvalue weighted by Crippen LogP contribution is -2.53. The van der Waals surface area contributed by atoms with Gasteiger partial charge in [-0.1, -0.05) is 49.7 Å². The number of unbranched alkanes of at least 4 members (excludes halogenated alkanes) is 1. The number of hydrogen-bond acceptors (Lipinski definition) is 6. The third kappa shape index (κ3) is 8.72. The predicted octanol–water partition coefficient (Wildman–Crippen LogP) is 4.39. The number of phenolic OH excluding ortho intramolecular Hbond substituents is 1. The lowest BCUT2D eigenvalue weighted by atomic mass is 9.98. The monoisotopic (exact) mass is 554 g/mol. The fourth-order valence-corrected chi connectivity index (χ4v) is 4.30. The molecule has 0 aliphatic rings. The Morgan fingerprint density at radius 3 is 2.12 bits per heavy atom. The van der Waals surface area contributed by atoms with E-state index in [1.54, 1.807) is 45.9 Å². The first-order valence-electron chi connectivity index (χ1n) is 13.4. The minimum Gasteiger partial charge on any atom is -0.507 e. The van der Waals surface area contributed by atoms with E-state index in [9.17, 15) is 24.3 Å². The van der Waals surface area contributed by atoms with Crippen LogP contribution in [0.15, 0.2) is 36.4 Å². The molecule has 218 valence electrons. The summed E-state index contributed by atoms with van der Waals surface area (Å²) in [6, 6.07) is 7.86. The van der Waals surface area contributed by atoms with Gasteiger partial charge >= 0.3 is 6.09 Å². The smallest absolute Gasteiger partial charge is 0.408 e. The van der Waals surface area contributed by atoms with E-state index in [4.69, 9.17) is 10.5 Å². The molecule has 2 aromatic rings. The maximum atomic E-state index is 14.1. The number of nitrogens with two attached hydrogens (primary N) is 1. The molecule has 0 bridgehead atoms. The largest absolute Gasteiger partial charge is 0.507 e. The second-order valence-corrected chi connectivity index (χ2v) is 10.9. The summed E-state index contributed by atoms with van der Waals surface area (Å²) in [4.78, 5) is 53.9. The van der Waals surface area contributed by atoms with Crippen molar-refractivity contribution in [1.29, 1.82) is 0 Å². The van der Waals surface area contributed by atoms with Crippen molar-refractivity contribution in [3.8, 4) is 5.75 Å². The van der Waals surface area contributed by atoms with Gasteiger partial charge in [-0.3, -0.25) is 14.4 Å². The molecule has 0 heterocycles. The van der Waals surface area contributed by atoms with Gasteiger partial charge in [-0.05, 0) is 64.7 Å². The Labute approximate surface area is 236 Å². The Morgan fingerprint density at radius 2 is 1.57 bits per heavy atom. The van der Waals surface area contributed by atoms with Gasteiger partial charge in [0.2, 0.25) is 11.8 Å². The van der Waals surface area contributed by atoms with Crippen LogP contribution in [-0.2, 0) is 19.1 Å². The van der Waals surface area contributed by atoms with Crippen molar-refractivity contribution in [2.75, 3.05) is 11.9 Å². The molecule has 2 unspecified atom stereocenters. The van der Waals surface area contributed by atoms with Crippen LogP contribution in [0.4, 0.5) is 10.5 Å². The molecule has 0 aliphatic heterocycles. The number of amides is 4. The highest BCUT2D eigenvalue weighted by molar-refractivity contribution is 6.01. The molecule has 10 heteroatoms. The quantitative estimate of drug-likeness (QED) is 0.323. The number of carbonyl (C=O) groups excluding carboxylic acids is 4. The third-order valence-corrected chi connectivity index (χ3v) is 6.28. The Bertz CT molecular complexity index is 1220. The average Bonchev–Trinajstić information content (AvgIpc) is 2.84. The number of anilines is 1. The number of aromatic hydroxyl groups is 1. The van der Waals surface area contributed by atoms with Crippen LogP contribution in [0, 0.1) is 20.8 Å². The zero-order valence-electron chi connectivity index (χ0n) is 24.5. The fraction of sp³-hybridized carbons (Fsp3) is 0.467. The van der Waals surface area contributed by atoms with Crippen LogP contribution < -0.4 is 16.4 Å². The van der Waals surface area contributed by atoms with Gasteiger partial charge in [-0.15, -0.1) is 0 Å². The van der Waals surface area contributed by atoms with Crippen molar-refractivity contribution in [2.45, 2.75) is 85.4 Å². The van der Waals surface area contributed by atoms with Gasteiger partial charge in [0.15, 0.2) is 0 Å². The highest BCUT2D eigenvalue weighted by Crippen LogP contribution is 2.34. The summed E-state index contributed by atoms with van der Waals surface area (Å²) in [7, 11) is 0. The molecule has 2 aromatic carbocycles. The van der Waals surface area contributed by atoms with E-state index in [1.165, 1.54) is 4.90 Å². The number of nitrogens with one attached hydrogen (secondary N) is 2. The van der Waals surface area contributed by atoms with Crippen LogP contribution in [-0.4, -0.2) is 52.0 Å². The predicted molar refractivity (Wildman–Crippen MR) is 154 cm³/mol. The number of para-hydroxylation sites is 2. The molecule has 2 rings (SSSR count). The summed E-state index contributed by atoms with van der Waals surface area (Å²) in [5, 5.41) is 16.4. The van der Waals surface area contributed by atoms with Gasteiger partial charge in [-0.25, -0.2) is 4.79 Å². The van der Waals surface area contributed by atoms with Crippen LogP contribution in [0.3, 0.4) is 0 Å². The van der Waals surface area contributed by atoms with Crippen molar-refractivity contribution in [3.05, 3.63) is 58.7 Å². The molecular formula is C30H42N4O6. The SMILES string of the molecule is CCCCN(C(=O)C(CC(N)=O)NC(=O)OC(C)(C)C)C(C(=O)Nc1c(C)cccc1C)c1cccc(C)c1O. The Kier molecular flexibility index (Phi) is 11.1. The van der Waals surface area contributed by atoms with Crippen LogP contribution in [0.25, 0.3) is 0 Å². The molecule has 0 saturated heterocycles. The van der Waals surface area contributed by atoms with Crippen LogP contribution in [0.5, 0.6) is 5.75 Å². The number of phenols is 1. The maximum absolute atomic E-state index is 14.1. The maximum Gasteiger partial charge on any atom is 0.408 e. The highest BCUT2D eigenvalue weighted by atomic mass is 16.6. The molecule has 0 aromatic heterocycles. The van der Waals surface area contributed by atoms with Gasteiger partial charge in [0.05, 0.1) is 6.42 Å². The normalized spacial score (nSPS) is 12.7. The first kappa shape index (κ1) is 32.1. The number of alkyl carbamates (subject to hydrolysis) is 1. The molecule has 0 saturated carbocycles. The van der Waals surface area contributed by atoms with Crippen LogP contribution >= 0.6 is 0 Å². The van der Waals surface area contributed by atoms with Crippen molar-refractivity contribution < 1.29 is 29.0 Å². The van der Waals surface area contributed by atoms with E-state index >= 15 is 0 Å². The number of primary amides is 1. The zero-order chi connectivity index (χ0) is 30.2. The molecular weight excluding hydrogens is 512 g/mol. The Hall–Kier alpha value is -4.08. The van der Waals surface area contributed by atoms with Gasteiger partial charge < -0.3 is 31.1 Å². The van der Waals surface area contributed by atoms with Gasteiger partial charge in [-0.2, -0.15) is 0 Å². The van der Waals surface area contributed by atoms with Crippen LogP contribution in [0.1, 0.15) is 75.3 Å². The zero-order valence-corrected chi connectivity index (χ0v) is 24.5. The summed E-state index contributed by atoms with van der Waals surface area (Å²) in [5.41, 5.74) is 7.56. The molecule has 0 radical (unpaired) electrons. The second-order valence-electron chi connectivity index (χ2n) is 10.9. The number of carbonyl (C=O) groups is 4. The van der Waals surface area contributed by atoms with E-state index in [1.807, 2.05) is 39.0 Å². The van der Waals surface area contributed by atoms with Crippen molar-refractivity contribution in [3.63, 3.8) is 0 Å². The summed E-state index contributed by atoms with van der Waals surface area (Å²) < 4.78 is 5.30. The molecule has 0 spiro atoms. The number of ether oxygens (including phenoxy) is 1. The number of nitrogens with zero attached hydrogens (tertiary/aromatic N) is 1. The molecule has 5 N–H and O–H groups in total. The summed E-state index contributed by atoms with van der Waals surface area (Å²) in [5.74, 6) is -2.22. The van der Waals surface area contributed by atoms with Crippen molar-refractivity contribution in [1.82, 2.24) is 10.2 Å². The molecule has 0 aliphatic carbocycles. The molecule has 10 nitrogen and oxygen atoms in total. The van der Waals surface area contributed by atoms with E-state index in [2.05, 4.69) is 10.6 Å². The van der Waals surface area contributed by atoms with Gasteiger partial charge in [0.1, 0.15) is 23.4 Å². The summed E-state index contributed by atoms with van der Waals surface area (Å²) >= 11 is 0. The average molecular weight is 555 g/mol. The summed E-state index contributed by atoms with van der Waals surface area (Å²) in [6.07, 6.45) is -0.209. The molecule has 40 heavy (non-hydrogen) atoms. The molecule has 0 fully saturated rings. The molecule has 4 amide bonds. The lowest BCUT2D eigenvalue weighted by molar-refractivity contribution is -0.142. The van der Waals surface area contributed by atoms with E-state index in [0.717, 1.165) is 11.1 Å². The minimum atomic E-state index is -1.40. The topological polar surface area (TPSA) is 151 Å². The Balaban J connectivity index is 2.64. The van der Waals surface area contributed by atoms with Gasteiger partial charge in [0.25, 0.3) is 5.91 Å². The lowest BCUT2D eigenvalue weighted by Gasteiger charge is -2.35. The summed E-state index contributed by atoms with van der Waals surface area (Å²) in [6.45, 7) is 12.4. The van der Waals surface area contributed by atoms with Gasteiger partial charge in [0, 0.05) is 17.8 Å².